The van der Waals surface area contributed by atoms with Gasteiger partial charge in [0.25, 0.3) is 0 Å². The topological polar surface area (TPSA) is 38.1 Å². The first-order chi connectivity index (χ1) is 11.9. The second kappa shape index (κ2) is 9.48. The highest BCUT2D eigenvalue weighted by atomic mass is 16.3. The Balaban J connectivity index is 1.71. The molecule has 2 fully saturated rings. The monoisotopic (exact) mass is 332 g/mol. The van der Waals surface area contributed by atoms with Crippen LogP contribution >= 0.6 is 0 Å². The maximum atomic E-state index is 10.9. The predicted octanol–water partition coefficient (Wildman–Crippen LogP) is 6.48. The summed E-state index contributed by atoms with van der Waals surface area (Å²) in [6, 6.07) is 0.410. The Kier molecular flexibility index (Phi) is 7.04. The number of aromatic nitrogens is 2. The van der Waals surface area contributed by atoms with E-state index in [0.29, 0.717) is 17.8 Å². The van der Waals surface area contributed by atoms with Gasteiger partial charge in [-0.1, -0.05) is 77.0 Å². The zero-order chi connectivity index (χ0) is 16.6. The molecule has 1 N–H and O–H groups in total. The molecule has 0 aromatic carbocycles. The summed E-state index contributed by atoms with van der Waals surface area (Å²) in [6.45, 7) is 0. The van der Waals surface area contributed by atoms with Gasteiger partial charge in [-0.25, -0.2) is 4.68 Å². The number of hydrogen-bond donors (Lipinski definition) is 1. The van der Waals surface area contributed by atoms with Gasteiger partial charge in [0.1, 0.15) is 0 Å². The van der Waals surface area contributed by atoms with E-state index in [1.54, 1.807) is 0 Å². The molecular weight excluding hydrogens is 296 g/mol. The fourth-order valence-corrected chi connectivity index (χ4v) is 4.72. The van der Waals surface area contributed by atoms with E-state index in [0.717, 1.165) is 5.56 Å². The Morgan fingerprint density at radius 1 is 0.708 bits per heavy atom. The van der Waals surface area contributed by atoms with Crippen LogP contribution in [0.15, 0.2) is 6.20 Å². The molecule has 0 unspecified atom stereocenters. The van der Waals surface area contributed by atoms with Gasteiger partial charge in [-0.05, 0) is 31.6 Å². The second-order valence-electron chi connectivity index (χ2n) is 8.12. The Labute approximate surface area is 147 Å². The third kappa shape index (κ3) is 4.77. The summed E-state index contributed by atoms with van der Waals surface area (Å²) < 4.78 is 1.98. The third-order valence-electron chi connectivity index (χ3n) is 6.26. The largest absolute Gasteiger partial charge is 0.493 e. The van der Waals surface area contributed by atoms with E-state index in [2.05, 4.69) is 5.10 Å². The Bertz CT molecular complexity index is 421. The van der Waals surface area contributed by atoms with Crippen molar-refractivity contribution in [3.8, 4) is 5.88 Å². The normalized spacial score (nSPS) is 23.5. The summed E-state index contributed by atoms with van der Waals surface area (Å²) in [5.41, 5.74) is 1.14. The van der Waals surface area contributed by atoms with Gasteiger partial charge in [-0.15, -0.1) is 0 Å². The van der Waals surface area contributed by atoms with Gasteiger partial charge in [-0.3, -0.25) is 0 Å². The van der Waals surface area contributed by atoms with Crippen molar-refractivity contribution in [2.75, 3.05) is 0 Å². The summed E-state index contributed by atoms with van der Waals surface area (Å²) >= 11 is 0. The molecule has 0 bridgehead atoms. The second-order valence-corrected chi connectivity index (χ2v) is 8.12. The van der Waals surface area contributed by atoms with Crippen LogP contribution < -0.4 is 0 Å². The van der Waals surface area contributed by atoms with Gasteiger partial charge < -0.3 is 5.11 Å². The lowest BCUT2D eigenvalue weighted by Crippen LogP contribution is -2.10. The van der Waals surface area contributed by atoms with Crippen molar-refractivity contribution < 1.29 is 5.11 Å². The van der Waals surface area contributed by atoms with Crippen molar-refractivity contribution in [1.82, 2.24) is 9.78 Å². The summed E-state index contributed by atoms with van der Waals surface area (Å²) in [4.78, 5) is 0. The van der Waals surface area contributed by atoms with E-state index in [-0.39, 0.29) is 0 Å². The minimum atomic E-state index is 0.410. The van der Waals surface area contributed by atoms with Crippen LogP contribution in [0.25, 0.3) is 0 Å². The first-order valence-corrected chi connectivity index (χ1v) is 10.6. The number of hydrogen-bond acceptors (Lipinski definition) is 2. The summed E-state index contributed by atoms with van der Waals surface area (Å²) in [7, 11) is 0. The molecule has 2 aliphatic rings. The molecule has 1 aromatic rings. The molecule has 0 atom stereocenters. The van der Waals surface area contributed by atoms with Crippen molar-refractivity contribution >= 4 is 0 Å². The molecule has 2 saturated carbocycles. The maximum Gasteiger partial charge on any atom is 0.213 e. The van der Waals surface area contributed by atoms with Gasteiger partial charge in [0.05, 0.1) is 12.2 Å². The highest BCUT2D eigenvalue weighted by Gasteiger charge is 2.23. The Morgan fingerprint density at radius 3 is 1.71 bits per heavy atom. The standard InChI is InChI=1S/C21H36N2O/c24-21-20(18-13-9-5-1-2-6-10-14-18)17-22-23(21)19-15-11-7-3-4-8-12-16-19/h17-19,24H,1-16H2. The molecule has 24 heavy (non-hydrogen) atoms. The van der Waals surface area contributed by atoms with Crippen LogP contribution in [0.4, 0.5) is 0 Å². The van der Waals surface area contributed by atoms with Gasteiger partial charge in [0, 0.05) is 5.56 Å². The van der Waals surface area contributed by atoms with E-state index in [1.807, 2.05) is 10.9 Å². The average molecular weight is 333 g/mol. The minimum Gasteiger partial charge on any atom is -0.493 e. The van der Waals surface area contributed by atoms with Crippen molar-refractivity contribution in [3.05, 3.63) is 11.8 Å². The molecule has 3 nitrogen and oxygen atoms in total. The smallest absolute Gasteiger partial charge is 0.213 e. The minimum absolute atomic E-state index is 0.410. The third-order valence-corrected chi connectivity index (χ3v) is 6.26. The quantitative estimate of drug-likeness (QED) is 0.673. The molecule has 136 valence electrons. The first kappa shape index (κ1) is 17.8. The molecule has 1 aromatic heterocycles. The van der Waals surface area contributed by atoms with Crippen LogP contribution in [0, 0.1) is 0 Å². The SMILES string of the molecule is Oc1c(C2CCCCCCCC2)cnn1C1CCCCCCCC1. The average Bonchev–Trinajstić information content (AvgIpc) is 3.06. The Morgan fingerprint density at radius 2 is 1.17 bits per heavy atom. The number of rotatable bonds is 2. The number of aromatic hydroxyl groups is 1. The fourth-order valence-electron chi connectivity index (χ4n) is 4.72. The van der Waals surface area contributed by atoms with Crippen LogP contribution in [-0.4, -0.2) is 14.9 Å². The van der Waals surface area contributed by atoms with E-state index < -0.39 is 0 Å². The molecule has 3 rings (SSSR count). The first-order valence-electron chi connectivity index (χ1n) is 10.6. The maximum absolute atomic E-state index is 10.9. The lowest BCUT2D eigenvalue weighted by Gasteiger charge is -2.19. The van der Waals surface area contributed by atoms with Crippen molar-refractivity contribution in [1.29, 1.82) is 0 Å². The molecular formula is C21H36N2O. The van der Waals surface area contributed by atoms with Crippen LogP contribution in [0.2, 0.25) is 0 Å². The van der Waals surface area contributed by atoms with Crippen molar-refractivity contribution in [3.63, 3.8) is 0 Å². The van der Waals surface area contributed by atoms with Crippen LogP contribution in [0.3, 0.4) is 0 Å². The van der Waals surface area contributed by atoms with Crippen LogP contribution in [0.5, 0.6) is 5.88 Å². The molecule has 0 radical (unpaired) electrons. The number of nitrogens with zero attached hydrogens (tertiary/aromatic N) is 2. The van der Waals surface area contributed by atoms with Gasteiger partial charge in [-0.2, -0.15) is 5.10 Å². The highest BCUT2D eigenvalue weighted by molar-refractivity contribution is 5.27. The zero-order valence-corrected chi connectivity index (χ0v) is 15.4. The predicted molar refractivity (Wildman–Crippen MR) is 99.5 cm³/mol. The molecule has 0 spiro atoms. The molecule has 3 heteroatoms. The van der Waals surface area contributed by atoms with Gasteiger partial charge in [0.15, 0.2) is 0 Å². The van der Waals surface area contributed by atoms with Gasteiger partial charge >= 0.3 is 0 Å². The van der Waals surface area contributed by atoms with E-state index in [9.17, 15) is 5.11 Å². The summed E-state index contributed by atoms with van der Waals surface area (Å²) in [5.74, 6) is 1.01. The molecule has 0 saturated heterocycles. The zero-order valence-electron chi connectivity index (χ0n) is 15.4. The highest BCUT2D eigenvalue weighted by Crippen LogP contribution is 2.38. The summed E-state index contributed by atoms with van der Waals surface area (Å²) in [5, 5.41) is 15.6. The van der Waals surface area contributed by atoms with Crippen LogP contribution in [0.1, 0.15) is 120 Å². The van der Waals surface area contributed by atoms with Gasteiger partial charge in [0.2, 0.25) is 5.88 Å². The van der Waals surface area contributed by atoms with E-state index in [4.69, 9.17) is 0 Å². The molecule has 0 amide bonds. The van der Waals surface area contributed by atoms with E-state index >= 15 is 0 Å². The molecule has 1 heterocycles. The lowest BCUT2D eigenvalue weighted by molar-refractivity contribution is 0.316. The molecule has 2 aliphatic carbocycles. The summed E-state index contributed by atoms with van der Waals surface area (Å²) in [6.07, 6.45) is 22.9. The van der Waals surface area contributed by atoms with Crippen molar-refractivity contribution in [2.24, 2.45) is 0 Å². The van der Waals surface area contributed by atoms with E-state index in [1.165, 1.54) is 103 Å². The van der Waals surface area contributed by atoms with Crippen LogP contribution in [-0.2, 0) is 0 Å². The Hall–Kier alpha value is -0.990. The fraction of sp³-hybridized carbons (Fsp3) is 0.857. The van der Waals surface area contributed by atoms with Crippen molar-refractivity contribution in [2.45, 2.75) is 115 Å². The lowest BCUT2D eigenvalue weighted by atomic mass is 9.91. The molecule has 0 aliphatic heterocycles.